The first-order valence-corrected chi connectivity index (χ1v) is 7.57. The molecule has 1 aromatic rings. The normalized spacial score (nSPS) is 19.9. The molecule has 0 aromatic heterocycles. The van der Waals surface area contributed by atoms with Crippen molar-refractivity contribution in [3.05, 3.63) is 26.8 Å². The van der Waals surface area contributed by atoms with E-state index in [1.807, 2.05) is 6.07 Å². The number of anilines is 1. The van der Waals surface area contributed by atoms with Gasteiger partial charge in [0.25, 0.3) is 0 Å². The van der Waals surface area contributed by atoms with Gasteiger partial charge in [-0.1, -0.05) is 18.5 Å². The zero-order chi connectivity index (χ0) is 12.3. The Bertz CT molecular complexity index is 384. The second-order valence-corrected chi connectivity index (χ2v) is 6.16. The molecular formula is C13H18ClIN2. The minimum absolute atomic E-state index is 0.755. The van der Waals surface area contributed by atoms with Crippen molar-refractivity contribution in [2.45, 2.75) is 13.3 Å². The highest BCUT2D eigenvalue weighted by Gasteiger charge is 2.23. The maximum atomic E-state index is 6.30. The van der Waals surface area contributed by atoms with Crippen LogP contribution in [-0.4, -0.2) is 26.2 Å². The largest absolute Gasteiger partial charge is 0.370 e. The Balaban J connectivity index is 2.00. The van der Waals surface area contributed by atoms with Gasteiger partial charge in [-0.15, -0.1) is 0 Å². The second kappa shape index (κ2) is 6.25. The number of halogens is 2. The summed E-state index contributed by atoms with van der Waals surface area (Å²) >= 11 is 8.59. The quantitative estimate of drug-likeness (QED) is 0.824. The molecule has 94 valence electrons. The lowest BCUT2D eigenvalue weighted by molar-refractivity contribution is 0.528. The molecule has 1 fully saturated rings. The molecule has 1 aromatic carbocycles. The van der Waals surface area contributed by atoms with Crippen molar-refractivity contribution in [1.82, 2.24) is 5.32 Å². The third-order valence-electron chi connectivity index (χ3n) is 3.22. The van der Waals surface area contributed by atoms with Crippen LogP contribution < -0.4 is 10.2 Å². The Hall–Kier alpha value is -0.0000000000000000555. The Labute approximate surface area is 122 Å². The highest BCUT2D eigenvalue weighted by molar-refractivity contribution is 14.1. The van der Waals surface area contributed by atoms with Crippen molar-refractivity contribution < 1.29 is 0 Å². The SMILES string of the molecule is CCNCC1CCN(c2ccc(I)cc2Cl)C1. The summed E-state index contributed by atoms with van der Waals surface area (Å²) in [7, 11) is 0. The minimum Gasteiger partial charge on any atom is -0.370 e. The summed E-state index contributed by atoms with van der Waals surface area (Å²) in [4.78, 5) is 2.40. The van der Waals surface area contributed by atoms with Crippen LogP contribution in [0.2, 0.25) is 5.02 Å². The van der Waals surface area contributed by atoms with Crippen molar-refractivity contribution in [1.29, 1.82) is 0 Å². The van der Waals surface area contributed by atoms with Gasteiger partial charge in [-0.25, -0.2) is 0 Å². The lowest BCUT2D eigenvalue weighted by atomic mass is 10.1. The van der Waals surface area contributed by atoms with E-state index >= 15 is 0 Å². The highest BCUT2D eigenvalue weighted by Crippen LogP contribution is 2.31. The molecule has 0 spiro atoms. The molecule has 1 heterocycles. The molecule has 2 nitrogen and oxygen atoms in total. The second-order valence-electron chi connectivity index (χ2n) is 4.50. The minimum atomic E-state index is 0.755. The molecule has 17 heavy (non-hydrogen) atoms. The van der Waals surface area contributed by atoms with E-state index in [0.717, 1.165) is 37.1 Å². The van der Waals surface area contributed by atoms with Gasteiger partial charge in [-0.05, 0) is 66.2 Å². The summed E-state index contributed by atoms with van der Waals surface area (Å²) < 4.78 is 1.19. The van der Waals surface area contributed by atoms with Crippen molar-refractivity contribution in [3.8, 4) is 0 Å². The molecule has 0 amide bonds. The molecule has 1 aliphatic heterocycles. The van der Waals surface area contributed by atoms with Crippen molar-refractivity contribution in [3.63, 3.8) is 0 Å². The molecule has 1 unspecified atom stereocenters. The summed E-state index contributed by atoms with van der Waals surface area (Å²) in [6, 6.07) is 6.30. The van der Waals surface area contributed by atoms with E-state index in [4.69, 9.17) is 11.6 Å². The fourth-order valence-corrected chi connectivity index (χ4v) is 3.28. The molecule has 1 saturated heterocycles. The van der Waals surface area contributed by atoms with Crippen molar-refractivity contribution in [2.75, 3.05) is 31.1 Å². The van der Waals surface area contributed by atoms with E-state index in [1.165, 1.54) is 15.7 Å². The zero-order valence-electron chi connectivity index (χ0n) is 10.0. The molecule has 0 aliphatic carbocycles. The summed E-state index contributed by atoms with van der Waals surface area (Å²) in [5, 5.41) is 4.30. The van der Waals surface area contributed by atoms with E-state index in [-0.39, 0.29) is 0 Å². The Morgan fingerprint density at radius 2 is 2.35 bits per heavy atom. The number of rotatable bonds is 4. The average Bonchev–Trinajstić information content (AvgIpc) is 2.75. The Morgan fingerprint density at radius 3 is 3.06 bits per heavy atom. The smallest absolute Gasteiger partial charge is 0.0650 e. The fourth-order valence-electron chi connectivity index (χ4n) is 2.30. The molecule has 1 aliphatic rings. The van der Waals surface area contributed by atoms with Crippen LogP contribution in [0.3, 0.4) is 0 Å². The highest BCUT2D eigenvalue weighted by atomic mass is 127. The van der Waals surface area contributed by atoms with E-state index < -0.39 is 0 Å². The van der Waals surface area contributed by atoms with Crippen LogP contribution in [0.1, 0.15) is 13.3 Å². The van der Waals surface area contributed by atoms with Gasteiger partial charge in [0.15, 0.2) is 0 Å². The molecule has 1 N–H and O–H groups in total. The van der Waals surface area contributed by atoms with Crippen LogP contribution in [0.15, 0.2) is 18.2 Å². The van der Waals surface area contributed by atoms with Crippen molar-refractivity contribution in [2.24, 2.45) is 5.92 Å². The molecule has 0 bridgehead atoms. The van der Waals surface area contributed by atoms with E-state index in [0.29, 0.717) is 0 Å². The number of nitrogens with zero attached hydrogens (tertiary/aromatic N) is 1. The van der Waals surface area contributed by atoms with E-state index in [1.54, 1.807) is 0 Å². The maximum Gasteiger partial charge on any atom is 0.0650 e. The topological polar surface area (TPSA) is 15.3 Å². The lowest BCUT2D eigenvalue weighted by Gasteiger charge is -2.20. The van der Waals surface area contributed by atoms with Crippen LogP contribution in [-0.2, 0) is 0 Å². The summed E-state index contributed by atoms with van der Waals surface area (Å²) in [6.45, 7) is 6.57. The average molecular weight is 365 g/mol. The van der Waals surface area contributed by atoms with Gasteiger partial charge in [0.2, 0.25) is 0 Å². The van der Waals surface area contributed by atoms with Crippen LogP contribution in [0.5, 0.6) is 0 Å². The summed E-state index contributed by atoms with van der Waals surface area (Å²) in [6.07, 6.45) is 1.26. The molecule has 0 saturated carbocycles. The van der Waals surface area contributed by atoms with Gasteiger partial charge in [-0.3, -0.25) is 0 Å². The summed E-state index contributed by atoms with van der Waals surface area (Å²) in [5.74, 6) is 0.755. The van der Waals surface area contributed by atoms with Gasteiger partial charge in [0, 0.05) is 16.7 Å². The summed E-state index contributed by atoms with van der Waals surface area (Å²) in [5.41, 5.74) is 1.19. The van der Waals surface area contributed by atoms with Crippen LogP contribution in [0.25, 0.3) is 0 Å². The number of hydrogen-bond acceptors (Lipinski definition) is 2. The molecular weight excluding hydrogens is 347 g/mol. The molecule has 4 heteroatoms. The Kier molecular flexibility index (Phi) is 4.94. The molecule has 1 atom stereocenters. The predicted molar refractivity (Wildman–Crippen MR) is 83.0 cm³/mol. The van der Waals surface area contributed by atoms with Crippen molar-refractivity contribution >= 4 is 39.9 Å². The zero-order valence-corrected chi connectivity index (χ0v) is 13.0. The van der Waals surface area contributed by atoms with Gasteiger partial charge in [0.05, 0.1) is 10.7 Å². The lowest BCUT2D eigenvalue weighted by Crippen LogP contribution is -2.26. The first-order valence-electron chi connectivity index (χ1n) is 6.11. The molecule has 2 rings (SSSR count). The van der Waals surface area contributed by atoms with E-state index in [9.17, 15) is 0 Å². The third kappa shape index (κ3) is 3.48. The van der Waals surface area contributed by atoms with Crippen LogP contribution >= 0.6 is 34.2 Å². The van der Waals surface area contributed by atoms with Crippen LogP contribution in [0.4, 0.5) is 5.69 Å². The monoisotopic (exact) mass is 364 g/mol. The first-order chi connectivity index (χ1) is 8.20. The number of hydrogen-bond donors (Lipinski definition) is 1. The van der Waals surface area contributed by atoms with Gasteiger partial charge < -0.3 is 10.2 Å². The van der Waals surface area contributed by atoms with Gasteiger partial charge >= 0.3 is 0 Å². The number of benzene rings is 1. The first kappa shape index (κ1) is 13.4. The maximum absolute atomic E-state index is 6.30. The fraction of sp³-hybridized carbons (Fsp3) is 0.538. The van der Waals surface area contributed by atoms with Crippen LogP contribution in [0, 0.1) is 9.49 Å². The van der Waals surface area contributed by atoms with Gasteiger partial charge in [-0.2, -0.15) is 0 Å². The molecule has 0 radical (unpaired) electrons. The van der Waals surface area contributed by atoms with E-state index in [2.05, 4.69) is 51.9 Å². The predicted octanol–water partition coefficient (Wildman–Crippen LogP) is 3.38. The standard InChI is InChI=1S/C13H18ClIN2/c1-2-16-8-10-5-6-17(9-10)13-4-3-11(15)7-12(13)14/h3-4,7,10,16H,2,5-6,8-9H2,1H3. The van der Waals surface area contributed by atoms with Gasteiger partial charge in [0.1, 0.15) is 0 Å². The third-order valence-corrected chi connectivity index (χ3v) is 4.19. The Morgan fingerprint density at radius 1 is 1.53 bits per heavy atom. The number of nitrogens with one attached hydrogen (secondary N) is 1.